The van der Waals surface area contributed by atoms with Crippen molar-refractivity contribution in [2.75, 3.05) is 19.7 Å². The number of Topliss-reactive ketones (excluding diaryl/α,β-unsaturated/α-hetero) is 1. The molecule has 0 aromatic heterocycles. The second-order valence-electron chi connectivity index (χ2n) is 5.37. The SMILES string of the molecule is CC(C)(C)OC(=O)N1CCC(CCO)C(=O)C1. The van der Waals surface area contributed by atoms with Crippen LogP contribution in [0.5, 0.6) is 0 Å². The summed E-state index contributed by atoms with van der Waals surface area (Å²) in [6.07, 6.45) is 0.660. The van der Waals surface area contributed by atoms with Crippen molar-refractivity contribution < 1.29 is 19.4 Å². The Balaban J connectivity index is 2.49. The van der Waals surface area contributed by atoms with Gasteiger partial charge < -0.3 is 14.7 Å². The van der Waals surface area contributed by atoms with E-state index in [2.05, 4.69) is 0 Å². The van der Waals surface area contributed by atoms with Crippen LogP contribution in [0.2, 0.25) is 0 Å². The quantitative estimate of drug-likeness (QED) is 0.791. The Bertz CT molecular complexity index is 295. The van der Waals surface area contributed by atoms with Gasteiger partial charge in [0.1, 0.15) is 5.60 Å². The molecule has 1 N–H and O–H groups in total. The minimum Gasteiger partial charge on any atom is -0.444 e. The Morgan fingerprint density at radius 1 is 1.53 bits per heavy atom. The predicted molar refractivity (Wildman–Crippen MR) is 62.6 cm³/mol. The van der Waals surface area contributed by atoms with Crippen LogP contribution in [-0.4, -0.2) is 47.2 Å². The van der Waals surface area contributed by atoms with Gasteiger partial charge in [-0.2, -0.15) is 0 Å². The number of carbonyl (C=O) groups excluding carboxylic acids is 2. The summed E-state index contributed by atoms with van der Waals surface area (Å²) in [6.45, 7) is 6.02. The zero-order chi connectivity index (χ0) is 13.1. The van der Waals surface area contributed by atoms with Crippen molar-refractivity contribution in [3.8, 4) is 0 Å². The number of hydrogen-bond acceptors (Lipinski definition) is 4. The summed E-state index contributed by atoms with van der Waals surface area (Å²) in [6, 6.07) is 0. The molecule has 0 radical (unpaired) electrons. The Kier molecular flexibility index (Phi) is 4.51. The molecular weight excluding hydrogens is 222 g/mol. The van der Waals surface area contributed by atoms with Crippen LogP contribution in [0.15, 0.2) is 0 Å². The number of nitrogens with zero attached hydrogens (tertiary/aromatic N) is 1. The highest BCUT2D eigenvalue weighted by Crippen LogP contribution is 2.19. The summed E-state index contributed by atoms with van der Waals surface area (Å²) in [4.78, 5) is 24.9. The van der Waals surface area contributed by atoms with E-state index >= 15 is 0 Å². The van der Waals surface area contributed by atoms with E-state index in [0.717, 1.165) is 0 Å². The fourth-order valence-electron chi connectivity index (χ4n) is 1.81. The van der Waals surface area contributed by atoms with Gasteiger partial charge in [0.2, 0.25) is 0 Å². The zero-order valence-corrected chi connectivity index (χ0v) is 10.7. The minimum absolute atomic E-state index is 0.0103. The fraction of sp³-hybridized carbons (Fsp3) is 0.833. The lowest BCUT2D eigenvalue weighted by Gasteiger charge is -2.32. The smallest absolute Gasteiger partial charge is 0.410 e. The number of aliphatic hydroxyl groups is 1. The zero-order valence-electron chi connectivity index (χ0n) is 10.7. The number of ether oxygens (including phenoxy) is 1. The van der Waals surface area contributed by atoms with Crippen LogP contribution in [0, 0.1) is 5.92 Å². The van der Waals surface area contributed by atoms with Crippen molar-refractivity contribution in [1.29, 1.82) is 0 Å². The maximum atomic E-state index is 11.7. The molecule has 1 fully saturated rings. The lowest BCUT2D eigenvalue weighted by molar-refractivity contribution is -0.127. The molecule has 0 bridgehead atoms. The van der Waals surface area contributed by atoms with Crippen LogP contribution in [-0.2, 0) is 9.53 Å². The highest BCUT2D eigenvalue weighted by Gasteiger charge is 2.31. The molecule has 1 aliphatic heterocycles. The second-order valence-corrected chi connectivity index (χ2v) is 5.37. The summed E-state index contributed by atoms with van der Waals surface area (Å²) in [7, 11) is 0. The van der Waals surface area contributed by atoms with Gasteiger partial charge in [0.15, 0.2) is 5.78 Å². The number of amides is 1. The van der Waals surface area contributed by atoms with Crippen molar-refractivity contribution in [2.45, 2.75) is 39.2 Å². The molecule has 0 aromatic carbocycles. The van der Waals surface area contributed by atoms with E-state index in [-0.39, 0.29) is 24.9 Å². The monoisotopic (exact) mass is 243 g/mol. The molecule has 0 spiro atoms. The van der Waals surface area contributed by atoms with E-state index in [4.69, 9.17) is 9.84 Å². The third-order valence-corrected chi connectivity index (χ3v) is 2.68. The maximum absolute atomic E-state index is 11.7. The van der Waals surface area contributed by atoms with Crippen LogP contribution in [0.4, 0.5) is 4.79 Å². The van der Waals surface area contributed by atoms with E-state index in [1.54, 1.807) is 20.8 Å². The third-order valence-electron chi connectivity index (χ3n) is 2.68. The van der Waals surface area contributed by atoms with E-state index in [1.165, 1.54) is 4.90 Å². The number of ketones is 1. The van der Waals surface area contributed by atoms with Gasteiger partial charge in [0.25, 0.3) is 0 Å². The molecule has 0 aliphatic carbocycles. The van der Waals surface area contributed by atoms with E-state index in [9.17, 15) is 9.59 Å². The van der Waals surface area contributed by atoms with Crippen LogP contribution in [0.1, 0.15) is 33.6 Å². The third kappa shape index (κ3) is 4.34. The van der Waals surface area contributed by atoms with Gasteiger partial charge in [0, 0.05) is 19.1 Å². The second kappa shape index (κ2) is 5.49. The first-order valence-corrected chi connectivity index (χ1v) is 5.95. The summed E-state index contributed by atoms with van der Waals surface area (Å²) in [5, 5.41) is 8.81. The van der Waals surface area contributed by atoms with Crippen LogP contribution >= 0.6 is 0 Å². The molecule has 1 rings (SSSR count). The first-order chi connectivity index (χ1) is 7.83. The van der Waals surface area contributed by atoms with E-state index in [0.29, 0.717) is 19.4 Å². The highest BCUT2D eigenvalue weighted by molar-refractivity contribution is 5.87. The number of piperidine rings is 1. The normalized spacial score (nSPS) is 21.5. The topological polar surface area (TPSA) is 66.8 Å². The van der Waals surface area contributed by atoms with Gasteiger partial charge in [-0.25, -0.2) is 4.79 Å². The number of rotatable bonds is 2. The largest absolute Gasteiger partial charge is 0.444 e. The number of likely N-dealkylation sites (tertiary alicyclic amines) is 1. The van der Waals surface area contributed by atoms with Crippen LogP contribution in [0.3, 0.4) is 0 Å². The number of aliphatic hydroxyl groups excluding tert-OH is 1. The molecule has 5 nitrogen and oxygen atoms in total. The molecular formula is C12H21NO4. The maximum Gasteiger partial charge on any atom is 0.410 e. The molecule has 1 aliphatic rings. The average molecular weight is 243 g/mol. The van der Waals surface area contributed by atoms with Gasteiger partial charge in [-0.05, 0) is 33.6 Å². The number of carbonyl (C=O) groups is 2. The Morgan fingerprint density at radius 2 is 2.18 bits per heavy atom. The molecule has 1 atom stereocenters. The minimum atomic E-state index is -0.540. The van der Waals surface area contributed by atoms with E-state index in [1.807, 2.05) is 0 Å². The summed E-state index contributed by atoms with van der Waals surface area (Å²) < 4.78 is 5.21. The van der Waals surface area contributed by atoms with E-state index < -0.39 is 11.7 Å². The molecule has 5 heteroatoms. The first-order valence-electron chi connectivity index (χ1n) is 5.95. The molecule has 1 heterocycles. The Hall–Kier alpha value is -1.10. The Labute approximate surface area is 102 Å². The molecule has 1 amide bonds. The number of hydrogen-bond donors (Lipinski definition) is 1. The van der Waals surface area contributed by atoms with Gasteiger partial charge in [-0.3, -0.25) is 4.79 Å². The van der Waals surface area contributed by atoms with Crippen LogP contribution in [0.25, 0.3) is 0 Å². The summed E-state index contributed by atoms with van der Waals surface area (Å²) in [5.41, 5.74) is -0.540. The van der Waals surface area contributed by atoms with Gasteiger partial charge in [-0.15, -0.1) is 0 Å². The molecule has 17 heavy (non-hydrogen) atoms. The van der Waals surface area contributed by atoms with Crippen molar-refractivity contribution in [3.05, 3.63) is 0 Å². The van der Waals surface area contributed by atoms with Crippen molar-refractivity contribution in [2.24, 2.45) is 5.92 Å². The standard InChI is InChI=1S/C12H21NO4/c1-12(2,3)17-11(16)13-6-4-9(5-7-14)10(15)8-13/h9,14H,4-8H2,1-3H3. The van der Waals surface area contributed by atoms with Crippen LogP contribution < -0.4 is 0 Å². The predicted octanol–water partition coefficient (Wildman–Crippen LogP) is 1.19. The Morgan fingerprint density at radius 3 is 2.65 bits per heavy atom. The first kappa shape index (κ1) is 14.0. The van der Waals surface area contributed by atoms with Crippen molar-refractivity contribution in [3.63, 3.8) is 0 Å². The van der Waals surface area contributed by atoms with Gasteiger partial charge >= 0.3 is 6.09 Å². The molecule has 1 saturated heterocycles. The summed E-state index contributed by atoms with van der Waals surface area (Å²) in [5.74, 6) is -0.102. The molecule has 1 unspecified atom stereocenters. The van der Waals surface area contributed by atoms with Crippen molar-refractivity contribution in [1.82, 2.24) is 4.90 Å². The lowest BCUT2D eigenvalue weighted by atomic mass is 9.93. The van der Waals surface area contributed by atoms with Gasteiger partial charge in [-0.1, -0.05) is 0 Å². The molecule has 0 aromatic rings. The van der Waals surface area contributed by atoms with Gasteiger partial charge in [0.05, 0.1) is 6.54 Å². The fourth-order valence-corrected chi connectivity index (χ4v) is 1.81. The highest BCUT2D eigenvalue weighted by atomic mass is 16.6. The van der Waals surface area contributed by atoms with Crippen molar-refractivity contribution >= 4 is 11.9 Å². The lowest BCUT2D eigenvalue weighted by Crippen LogP contribution is -2.46. The summed E-state index contributed by atoms with van der Waals surface area (Å²) >= 11 is 0. The molecule has 98 valence electrons. The molecule has 0 saturated carbocycles. The average Bonchev–Trinajstić information content (AvgIpc) is 2.18.